The lowest BCUT2D eigenvalue weighted by atomic mass is 10.1. The summed E-state index contributed by atoms with van der Waals surface area (Å²) in [6.07, 6.45) is 4.73. The number of thioether (sulfide) groups is 1. The largest absolute Gasteiger partial charge is 0.483 e. The molecule has 0 aliphatic carbocycles. The minimum atomic E-state index is -0.219. The Morgan fingerprint density at radius 1 is 1.19 bits per heavy atom. The van der Waals surface area contributed by atoms with Gasteiger partial charge in [-0.1, -0.05) is 24.3 Å². The van der Waals surface area contributed by atoms with Gasteiger partial charge in [0.05, 0.1) is 6.04 Å². The number of nitrogens with one attached hydrogen (secondary N) is 1. The van der Waals surface area contributed by atoms with E-state index in [2.05, 4.69) is 15.5 Å². The Morgan fingerprint density at radius 3 is 2.70 bits per heavy atom. The lowest BCUT2D eigenvalue weighted by Crippen LogP contribution is -2.34. The molecule has 0 aliphatic rings. The zero-order valence-corrected chi connectivity index (χ0v) is 16.6. The first-order valence-corrected chi connectivity index (χ1v) is 10.3. The van der Waals surface area contributed by atoms with E-state index >= 15 is 0 Å². The lowest BCUT2D eigenvalue weighted by Gasteiger charge is -2.18. The van der Waals surface area contributed by atoms with Gasteiger partial charge in [-0.3, -0.25) is 9.20 Å². The molecule has 1 aromatic carbocycles. The van der Waals surface area contributed by atoms with E-state index in [1.54, 1.807) is 11.8 Å². The van der Waals surface area contributed by atoms with Crippen molar-refractivity contribution >= 4 is 23.3 Å². The zero-order valence-electron chi connectivity index (χ0n) is 15.8. The molecular formula is C20H24N4O2S. The highest BCUT2D eigenvalue weighted by Crippen LogP contribution is 2.22. The van der Waals surface area contributed by atoms with Gasteiger partial charge in [-0.25, -0.2) is 0 Å². The average molecular weight is 385 g/mol. The van der Waals surface area contributed by atoms with Gasteiger partial charge in [-0.15, -0.1) is 10.2 Å². The summed E-state index contributed by atoms with van der Waals surface area (Å²) in [5, 5.41) is 11.5. The molecule has 0 spiro atoms. The summed E-state index contributed by atoms with van der Waals surface area (Å²) in [7, 11) is 0. The maximum Gasteiger partial charge on any atom is 0.258 e. The standard InChI is InChI=1S/C20H24N4O2S/c1-14-7-6-8-15(2)19(14)26-13-18(25)21-16(10-12-27-3)20-23-22-17-9-4-5-11-24(17)20/h4-9,11,16H,10,12-13H2,1-3H3,(H,21,25). The molecule has 3 aromatic rings. The Bertz CT molecular complexity index is 905. The fraction of sp³-hybridized carbons (Fsp3) is 0.350. The van der Waals surface area contributed by atoms with Gasteiger partial charge in [0.2, 0.25) is 0 Å². The van der Waals surface area contributed by atoms with Crippen LogP contribution in [0.4, 0.5) is 0 Å². The van der Waals surface area contributed by atoms with Crippen LogP contribution in [0.3, 0.4) is 0 Å². The Kier molecular flexibility index (Phi) is 6.34. The van der Waals surface area contributed by atoms with Crippen molar-refractivity contribution in [3.05, 3.63) is 59.5 Å². The van der Waals surface area contributed by atoms with E-state index in [-0.39, 0.29) is 18.6 Å². The molecule has 142 valence electrons. The van der Waals surface area contributed by atoms with Crippen LogP contribution in [0.25, 0.3) is 5.65 Å². The Labute approximate surface area is 163 Å². The third-order valence-electron chi connectivity index (χ3n) is 4.35. The number of hydrogen-bond acceptors (Lipinski definition) is 5. The van der Waals surface area contributed by atoms with Crippen LogP contribution in [0, 0.1) is 13.8 Å². The lowest BCUT2D eigenvalue weighted by molar-refractivity contribution is -0.123. The fourth-order valence-electron chi connectivity index (χ4n) is 3.00. The van der Waals surface area contributed by atoms with Crippen LogP contribution in [0.5, 0.6) is 5.75 Å². The monoisotopic (exact) mass is 384 g/mol. The van der Waals surface area contributed by atoms with Crippen LogP contribution in [-0.2, 0) is 4.79 Å². The molecule has 3 rings (SSSR count). The van der Waals surface area contributed by atoms with Gasteiger partial charge in [0.1, 0.15) is 5.75 Å². The van der Waals surface area contributed by atoms with E-state index in [0.29, 0.717) is 0 Å². The minimum Gasteiger partial charge on any atom is -0.483 e. The minimum absolute atomic E-state index is 0.0296. The molecule has 1 atom stereocenters. The number of para-hydroxylation sites is 1. The molecule has 2 heterocycles. The van der Waals surface area contributed by atoms with Crippen LogP contribution in [-0.4, -0.2) is 39.1 Å². The molecule has 0 fully saturated rings. The van der Waals surface area contributed by atoms with Crippen molar-refractivity contribution in [1.82, 2.24) is 19.9 Å². The predicted octanol–water partition coefficient (Wildman–Crippen LogP) is 3.34. The predicted molar refractivity (Wildman–Crippen MR) is 108 cm³/mol. The molecule has 0 aliphatic heterocycles. The topological polar surface area (TPSA) is 68.5 Å². The third-order valence-corrected chi connectivity index (χ3v) is 5.00. The van der Waals surface area contributed by atoms with Crippen LogP contribution >= 0.6 is 11.8 Å². The van der Waals surface area contributed by atoms with Crippen molar-refractivity contribution in [3.8, 4) is 5.75 Å². The fourth-order valence-corrected chi connectivity index (χ4v) is 3.47. The van der Waals surface area contributed by atoms with E-state index in [1.807, 2.05) is 67.1 Å². The molecule has 27 heavy (non-hydrogen) atoms. The molecule has 0 bridgehead atoms. The van der Waals surface area contributed by atoms with Crippen molar-refractivity contribution in [2.75, 3.05) is 18.6 Å². The SMILES string of the molecule is CSCCC(NC(=O)COc1c(C)cccc1C)c1nnc2ccccn12. The summed E-state index contributed by atoms with van der Waals surface area (Å²) in [5.74, 6) is 2.24. The molecule has 0 saturated heterocycles. The maximum atomic E-state index is 12.5. The highest BCUT2D eigenvalue weighted by atomic mass is 32.2. The van der Waals surface area contributed by atoms with Crippen molar-refractivity contribution in [2.24, 2.45) is 0 Å². The van der Waals surface area contributed by atoms with E-state index in [4.69, 9.17) is 4.74 Å². The number of rotatable bonds is 8. The number of aryl methyl sites for hydroxylation is 2. The van der Waals surface area contributed by atoms with Gasteiger partial charge in [0.15, 0.2) is 18.1 Å². The number of pyridine rings is 1. The first-order chi connectivity index (χ1) is 13.1. The molecule has 0 saturated carbocycles. The van der Waals surface area contributed by atoms with Crippen molar-refractivity contribution in [3.63, 3.8) is 0 Å². The summed E-state index contributed by atoms with van der Waals surface area (Å²) in [6.45, 7) is 3.92. The van der Waals surface area contributed by atoms with Crippen molar-refractivity contribution in [1.29, 1.82) is 0 Å². The Hall–Kier alpha value is -2.54. The number of fused-ring (bicyclic) bond motifs is 1. The highest BCUT2D eigenvalue weighted by molar-refractivity contribution is 7.98. The van der Waals surface area contributed by atoms with Gasteiger partial charge in [0, 0.05) is 6.20 Å². The summed E-state index contributed by atoms with van der Waals surface area (Å²) in [5.41, 5.74) is 2.80. The highest BCUT2D eigenvalue weighted by Gasteiger charge is 2.20. The van der Waals surface area contributed by atoms with Gasteiger partial charge in [-0.05, 0) is 55.5 Å². The molecule has 1 N–H and O–H groups in total. The molecule has 6 nitrogen and oxygen atoms in total. The number of hydrogen-bond donors (Lipinski definition) is 1. The number of benzene rings is 1. The van der Waals surface area contributed by atoms with Crippen molar-refractivity contribution in [2.45, 2.75) is 26.3 Å². The molecule has 2 aromatic heterocycles. The maximum absolute atomic E-state index is 12.5. The third kappa shape index (κ3) is 4.60. The summed E-state index contributed by atoms with van der Waals surface area (Å²) < 4.78 is 7.69. The normalized spacial score (nSPS) is 12.1. The van der Waals surface area contributed by atoms with Gasteiger partial charge >= 0.3 is 0 Å². The first-order valence-electron chi connectivity index (χ1n) is 8.87. The summed E-state index contributed by atoms with van der Waals surface area (Å²) in [6, 6.07) is 11.5. The second kappa shape index (κ2) is 8.90. The number of ether oxygens (including phenoxy) is 1. The zero-order chi connectivity index (χ0) is 19.2. The quantitative estimate of drug-likeness (QED) is 0.645. The molecule has 0 radical (unpaired) electrons. The van der Waals surface area contributed by atoms with Crippen molar-refractivity contribution < 1.29 is 9.53 Å². The van der Waals surface area contributed by atoms with Gasteiger partial charge in [0.25, 0.3) is 5.91 Å². The summed E-state index contributed by atoms with van der Waals surface area (Å²) >= 11 is 1.73. The molecule has 1 unspecified atom stereocenters. The van der Waals surface area contributed by atoms with Crippen LogP contribution < -0.4 is 10.1 Å². The van der Waals surface area contributed by atoms with E-state index in [0.717, 1.165) is 40.5 Å². The number of carbonyl (C=O) groups is 1. The summed E-state index contributed by atoms with van der Waals surface area (Å²) in [4.78, 5) is 12.5. The van der Waals surface area contributed by atoms with E-state index in [9.17, 15) is 4.79 Å². The number of nitrogens with zero attached hydrogens (tertiary/aromatic N) is 3. The van der Waals surface area contributed by atoms with Crippen LogP contribution in [0.15, 0.2) is 42.6 Å². The first kappa shape index (κ1) is 19.2. The Balaban J connectivity index is 1.71. The molecule has 7 heteroatoms. The average Bonchev–Trinajstić information content (AvgIpc) is 3.09. The van der Waals surface area contributed by atoms with E-state index < -0.39 is 0 Å². The number of aromatic nitrogens is 3. The van der Waals surface area contributed by atoms with E-state index in [1.165, 1.54) is 0 Å². The smallest absolute Gasteiger partial charge is 0.258 e. The van der Waals surface area contributed by atoms with Crippen LogP contribution in [0.2, 0.25) is 0 Å². The molecule has 1 amide bonds. The van der Waals surface area contributed by atoms with Gasteiger partial charge < -0.3 is 10.1 Å². The number of amides is 1. The Morgan fingerprint density at radius 2 is 1.96 bits per heavy atom. The van der Waals surface area contributed by atoms with Crippen LogP contribution in [0.1, 0.15) is 29.4 Å². The second-order valence-electron chi connectivity index (χ2n) is 6.40. The van der Waals surface area contributed by atoms with Gasteiger partial charge in [-0.2, -0.15) is 11.8 Å². The second-order valence-corrected chi connectivity index (χ2v) is 7.38. The molecular weight excluding hydrogens is 360 g/mol. The number of carbonyl (C=O) groups excluding carboxylic acids is 1.